The summed E-state index contributed by atoms with van der Waals surface area (Å²) in [5.41, 5.74) is 2.93. The summed E-state index contributed by atoms with van der Waals surface area (Å²) in [6.45, 7) is 4.06. The number of amides is 1. The highest BCUT2D eigenvalue weighted by molar-refractivity contribution is 7.09. The van der Waals surface area contributed by atoms with Gasteiger partial charge in [0, 0.05) is 16.3 Å². The molecule has 2 heterocycles. The molecule has 0 radical (unpaired) electrons. The van der Waals surface area contributed by atoms with Crippen molar-refractivity contribution in [2.24, 2.45) is 0 Å². The van der Waals surface area contributed by atoms with E-state index < -0.39 is 18.5 Å². The van der Waals surface area contributed by atoms with Gasteiger partial charge in [-0.3, -0.25) is 4.79 Å². The molecule has 0 bridgehead atoms. The van der Waals surface area contributed by atoms with E-state index in [-0.39, 0.29) is 0 Å². The van der Waals surface area contributed by atoms with Crippen LogP contribution in [0.5, 0.6) is 0 Å². The highest BCUT2D eigenvalue weighted by Crippen LogP contribution is 2.20. The average molecular weight is 393 g/mol. The molecule has 3 rings (SSSR count). The van der Waals surface area contributed by atoms with Crippen LogP contribution in [0, 0.1) is 25.2 Å². The Morgan fingerprint density at radius 3 is 2.71 bits per heavy atom. The molecule has 0 fully saturated rings. The smallest absolute Gasteiger partial charge is 0.340 e. The molecule has 6 nitrogen and oxygen atoms in total. The van der Waals surface area contributed by atoms with Crippen molar-refractivity contribution in [3.05, 3.63) is 75.2 Å². The van der Waals surface area contributed by atoms with E-state index in [1.54, 1.807) is 41.7 Å². The number of hydrogen-bond donors (Lipinski definition) is 1. The molecule has 28 heavy (non-hydrogen) atoms. The van der Waals surface area contributed by atoms with E-state index in [2.05, 4.69) is 5.32 Å². The summed E-state index contributed by atoms with van der Waals surface area (Å²) in [4.78, 5) is 25.7. The summed E-state index contributed by atoms with van der Waals surface area (Å²) in [6.07, 6.45) is 0. The van der Waals surface area contributed by atoms with Crippen LogP contribution in [-0.4, -0.2) is 23.1 Å². The number of carbonyl (C=O) groups is 2. The van der Waals surface area contributed by atoms with E-state index in [4.69, 9.17) is 10.00 Å². The third-order valence-electron chi connectivity index (χ3n) is 4.34. The summed E-state index contributed by atoms with van der Waals surface area (Å²) in [6, 6.07) is 14.5. The number of ether oxygens (including phenoxy) is 1. The zero-order valence-electron chi connectivity index (χ0n) is 15.6. The molecular formula is C21H19N3O3S. The van der Waals surface area contributed by atoms with Crippen LogP contribution in [-0.2, 0) is 16.1 Å². The van der Waals surface area contributed by atoms with Crippen LogP contribution in [0.1, 0.15) is 32.2 Å². The van der Waals surface area contributed by atoms with Crippen LogP contribution in [0.4, 0.5) is 5.69 Å². The zero-order chi connectivity index (χ0) is 20.1. The van der Waals surface area contributed by atoms with Crippen LogP contribution in [0.3, 0.4) is 0 Å². The Hall–Kier alpha value is -3.37. The van der Waals surface area contributed by atoms with Gasteiger partial charge in [0.2, 0.25) is 0 Å². The van der Waals surface area contributed by atoms with Crippen molar-refractivity contribution in [1.82, 2.24) is 4.57 Å². The number of para-hydroxylation sites is 1. The molecule has 0 spiro atoms. The van der Waals surface area contributed by atoms with Crippen LogP contribution in [0.25, 0.3) is 0 Å². The molecule has 0 aliphatic heterocycles. The molecule has 1 aromatic carbocycles. The number of anilines is 1. The average Bonchev–Trinajstić information content (AvgIpc) is 3.30. The van der Waals surface area contributed by atoms with Gasteiger partial charge in [0.25, 0.3) is 5.91 Å². The van der Waals surface area contributed by atoms with Gasteiger partial charge in [0.05, 0.1) is 23.4 Å². The molecule has 1 amide bonds. The lowest BCUT2D eigenvalue weighted by Gasteiger charge is -2.09. The zero-order valence-corrected chi connectivity index (χ0v) is 16.4. The SMILES string of the molecule is Cc1cc(C(=O)OCC(=O)Nc2ccccc2C#N)c(C)n1Cc1cccs1. The van der Waals surface area contributed by atoms with Gasteiger partial charge in [-0.1, -0.05) is 18.2 Å². The van der Waals surface area contributed by atoms with Crippen LogP contribution in [0.15, 0.2) is 47.8 Å². The van der Waals surface area contributed by atoms with E-state index in [0.717, 1.165) is 11.4 Å². The Labute approximate surface area is 167 Å². The van der Waals surface area contributed by atoms with Crippen LogP contribution >= 0.6 is 11.3 Å². The van der Waals surface area contributed by atoms with Gasteiger partial charge >= 0.3 is 5.97 Å². The maximum atomic E-state index is 12.4. The number of nitrogens with one attached hydrogen (secondary N) is 1. The minimum atomic E-state index is -0.547. The van der Waals surface area contributed by atoms with Gasteiger partial charge < -0.3 is 14.6 Å². The van der Waals surface area contributed by atoms with Crippen molar-refractivity contribution in [1.29, 1.82) is 5.26 Å². The van der Waals surface area contributed by atoms with Crippen molar-refractivity contribution in [3.63, 3.8) is 0 Å². The maximum Gasteiger partial charge on any atom is 0.340 e. The molecule has 0 saturated heterocycles. The Kier molecular flexibility index (Phi) is 5.92. The predicted molar refractivity (Wildman–Crippen MR) is 107 cm³/mol. The normalized spacial score (nSPS) is 10.3. The van der Waals surface area contributed by atoms with E-state index in [0.29, 0.717) is 23.4 Å². The highest BCUT2D eigenvalue weighted by atomic mass is 32.1. The highest BCUT2D eigenvalue weighted by Gasteiger charge is 2.18. The van der Waals surface area contributed by atoms with Crippen molar-refractivity contribution in [2.75, 3.05) is 11.9 Å². The third kappa shape index (κ3) is 4.30. The van der Waals surface area contributed by atoms with Gasteiger partial charge in [-0.25, -0.2) is 4.79 Å². The fraction of sp³-hybridized carbons (Fsp3) is 0.190. The molecule has 0 unspecified atom stereocenters. The monoisotopic (exact) mass is 393 g/mol. The number of carbonyl (C=O) groups excluding carboxylic acids is 2. The molecule has 2 aromatic heterocycles. The molecule has 0 aliphatic rings. The van der Waals surface area contributed by atoms with Gasteiger partial charge in [-0.05, 0) is 43.5 Å². The standard InChI is InChI=1S/C21H19N3O3S/c1-14-10-18(15(2)24(14)12-17-7-5-9-28-17)21(26)27-13-20(25)23-19-8-4-3-6-16(19)11-22/h3-10H,12-13H2,1-2H3,(H,23,25). The number of rotatable bonds is 6. The lowest BCUT2D eigenvalue weighted by atomic mass is 10.2. The van der Waals surface area contributed by atoms with Crippen molar-refractivity contribution in [2.45, 2.75) is 20.4 Å². The number of hydrogen-bond acceptors (Lipinski definition) is 5. The first-order chi connectivity index (χ1) is 13.5. The van der Waals surface area contributed by atoms with E-state index in [9.17, 15) is 9.59 Å². The molecule has 3 aromatic rings. The predicted octanol–water partition coefficient (Wildman–Crippen LogP) is 3.88. The van der Waals surface area contributed by atoms with Gasteiger partial charge in [-0.15, -0.1) is 11.3 Å². The number of esters is 1. The van der Waals surface area contributed by atoms with Crippen molar-refractivity contribution in [3.8, 4) is 6.07 Å². The fourth-order valence-electron chi connectivity index (χ4n) is 2.89. The van der Waals surface area contributed by atoms with E-state index in [1.807, 2.05) is 42.0 Å². The Morgan fingerprint density at radius 2 is 2.00 bits per heavy atom. The maximum absolute atomic E-state index is 12.4. The van der Waals surface area contributed by atoms with E-state index in [1.165, 1.54) is 4.88 Å². The Bertz CT molecular complexity index is 1050. The minimum absolute atomic E-state index is 0.347. The van der Waals surface area contributed by atoms with Crippen molar-refractivity contribution < 1.29 is 14.3 Å². The van der Waals surface area contributed by atoms with E-state index >= 15 is 0 Å². The minimum Gasteiger partial charge on any atom is -0.452 e. The number of benzene rings is 1. The summed E-state index contributed by atoms with van der Waals surface area (Å²) in [5, 5.41) is 13.7. The first-order valence-corrected chi connectivity index (χ1v) is 9.52. The number of aromatic nitrogens is 1. The van der Waals surface area contributed by atoms with Gasteiger partial charge in [0.15, 0.2) is 6.61 Å². The Balaban J connectivity index is 1.63. The number of nitrogens with zero attached hydrogens (tertiary/aromatic N) is 2. The molecule has 1 N–H and O–H groups in total. The molecule has 142 valence electrons. The first-order valence-electron chi connectivity index (χ1n) is 8.65. The molecule has 0 aliphatic carbocycles. The Morgan fingerprint density at radius 1 is 1.21 bits per heavy atom. The summed E-state index contributed by atoms with van der Waals surface area (Å²) in [5.74, 6) is -1.04. The lowest BCUT2D eigenvalue weighted by Crippen LogP contribution is -2.21. The topological polar surface area (TPSA) is 84.1 Å². The van der Waals surface area contributed by atoms with Crippen LogP contribution < -0.4 is 5.32 Å². The number of nitriles is 1. The third-order valence-corrected chi connectivity index (χ3v) is 5.20. The summed E-state index contributed by atoms with van der Waals surface area (Å²) < 4.78 is 7.22. The lowest BCUT2D eigenvalue weighted by molar-refractivity contribution is -0.119. The number of aryl methyl sites for hydroxylation is 1. The first kappa shape index (κ1) is 19.4. The second-order valence-corrected chi connectivity index (χ2v) is 7.26. The number of thiophene rings is 1. The second kappa shape index (κ2) is 8.55. The molecular weight excluding hydrogens is 374 g/mol. The van der Waals surface area contributed by atoms with Gasteiger partial charge in [0.1, 0.15) is 6.07 Å². The van der Waals surface area contributed by atoms with Crippen LogP contribution in [0.2, 0.25) is 0 Å². The summed E-state index contributed by atoms with van der Waals surface area (Å²) in [7, 11) is 0. The second-order valence-electron chi connectivity index (χ2n) is 6.23. The molecule has 0 atom stereocenters. The molecule has 7 heteroatoms. The fourth-order valence-corrected chi connectivity index (χ4v) is 3.59. The van der Waals surface area contributed by atoms with Crippen molar-refractivity contribution >= 4 is 28.9 Å². The summed E-state index contributed by atoms with van der Waals surface area (Å²) >= 11 is 1.66. The largest absolute Gasteiger partial charge is 0.452 e. The van der Waals surface area contributed by atoms with Gasteiger partial charge in [-0.2, -0.15) is 5.26 Å². The quantitative estimate of drug-likeness (QED) is 0.644. The molecule has 0 saturated carbocycles.